The zero-order valence-electron chi connectivity index (χ0n) is 12.7. The summed E-state index contributed by atoms with van der Waals surface area (Å²) < 4.78 is 1.84. The Balaban J connectivity index is 2.08. The molecule has 0 radical (unpaired) electrons. The fourth-order valence-corrected chi connectivity index (χ4v) is 2.64. The second-order valence-corrected chi connectivity index (χ2v) is 5.37. The molecule has 1 aromatic heterocycles. The van der Waals surface area contributed by atoms with Gasteiger partial charge >= 0.3 is 0 Å². The van der Waals surface area contributed by atoms with Crippen LogP contribution in [0.3, 0.4) is 0 Å². The summed E-state index contributed by atoms with van der Waals surface area (Å²) in [6.45, 7) is 3.74. The van der Waals surface area contributed by atoms with Crippen LogP contribution in [0.5, 0.6) is 0 Å². The summed E-state index contributed by atoms with van der Waals surface area (Å²) >= 11 is 0. The molecular weight excluding hydrogens is 274 g/mol. The van der Waals surface area contributed by atoms with Gasteiger partial charge in [0.15, 0.2) is 0 Å². The van der Waals surface area contributed by atoms with Crippen molar-refractivity contribution in [1.82, 2.24) is 4.57 Å². The Labute approximate surface area is 129 Å². The number of rotatable bonds is 5. The van der Waals surface area contributed by atoms with Crippen molar-refractivity contribution in [1.29, 1.82) is 0 Å². The van der Waals surface area contributed by atoms with Crippen molar-refractivity contribution in [3.63, 3.8) is 0 Å². The van der Waals surface area contributed by atoms with E-state index in [2.05, 4.69) is 9.98 Å². The number of fused-ring (bicyclic) bond motifs is 1. The van der Waals surface area contributed by atoms with Crippen molar-refractivity contribution in [2.24, 2.45) is 9.98 Å². The van der Waals surface area contributed by atoms with E-state index in [0.717, 1.165) is 28.5 Å². The molecule has 2 aromatic rings. The molecule has 0 saturated heterocycles. The van der Waals surface area contributed by atoms with E-state index < -0.39 is 0 Å². The third kappa shape index (κ3) is 2.91. The summed E-state index contributed by atoms with van der Waals surface area (Å²) in [6, 6.07) is 9.95. The maximum Gasteiger partial charge on any atom is 0.256 e. The number of aromatic nitrogens is 1. The molecule has 2 heterocycles. The number of para-hydroxylation sites is 1. The van der Waals surface area contributed by atoms with Gasteiger partial charge in [0.25, 0.3) is 5.56 Å². The Morgan fingerprint density at radius 3 is 3.00 bits per heavy atom. The number of pyridine rings is 1. The van der Waals surface area contributed by atoms with Crippen LogP contribution in [0, 0.1) is 0 Å². The monoisotopic (exact) mass is 293 g/mol. The Morgan fingerprint density at radius 2 is 2.23 bits per heavy atom. The Morgan fingerprint density at radius 1 is 1.36 bits per heavy atom. The SMILES string of the molecule is CCC=NCc1cc2ccccc2n(CC2=CC=NC2)c1=O. The van der Waals surface area contributed by atoms with Crippen LogP contribution >= 0.6 is 0 Å². The van der Waals surface area contributed by atoms with E-state index in [9.17, 15) is 4.79 Å². The first-order valence-corrected chi connectivity index (χ1v) is 7.57. The smallest absolute Gasteiger partial charge is 0.256 e. The van der Waals surface area contributed by atoms with E-state index in [0.29, 0.717) is 19.6 Å². The van der Waals surface area contributed by atoms with Gasteiger partial charge in [0.2, 0.25) is 0 Å². The minimum absolute atomic E-state index is 0.0414. The summed E-state index contributed by atoms with van der Waals surface area (Å²) in [7, 11) is 0. The maximum atomic E-state index is 12.8. The lowest BCUT2D eigenvalue weighted by atomic mass is 10.1. The molecule has 112 valence electrons. The van der Waals surface area contributed by atoms with Crippen molar-refractivity contribution in [3.8, 4) is 0 Å². The summed E-state index contributed by atoms with van der Waals surface area (Å²) in [5, 5.41) is 1.07. The second kappa shape index (κ2) is 6.52. The van der Waals surface area contributed by atoms with E-state index in [1.165, 1.54) is 0 Å². The molecule has 4 nitrogen and oxygen atoms in total. The van der Waals surface area contributed by atoms with E-state index >= 15 is 0 Å². The predicted octanol–water partition coefficient (Wildman–Crippen LogP) is 2.99. The molecule has 1 aliphatic rings. The van der Waals surface area contributed by atoms with Crippen molar-refractivity contribution in [3.05, 3.63) is 57.9 Å². The number of nitrogens with zero attached hydrogens (tertiary/aromatic N) is 3. The highest BCUT2D eigenvalue weighted by atomic mass is 16.1. The third-order valence-corrected chi connectivity index (χ3v) is 3.72. The molecule has 22 heavy (non-hydrogen) atoms. The van der Waals surface area contributed by atoms with Crippen LogP contribution in [0.25, 0.3) is 10.9 Å². The van der Waals surface area contributed by atoms with Gasteiger partial charge in [-0.2, -0.15) is 0 Å². The van der Waals surface area contributed by atoms with Gasteiger partial charge in [-0.3, -0.25) is 14.8 Å². The number of benzene rings is 1. The first kappa shape index (κ1) is 14.4. The first-order valence-electron chi connectivity index (χ1n) is 7.57. The molecule has 0 atom stereocenters. The molecule has 4 heteroatoms. The summed E-state index contributed by atoms with van der Waals surface area (Å²) in [5.41, 5.74) is 2.90. The van der Waals surface area contributed by atoms with Gasteiger partial charge in [0.1, 0.15) is 0 Å². The zero-order chi connectivity index (χ0) is 15.4. The molecule has 0 saturated carbocycles. The van der Waals surface area contributed by atoms with Crippen molar-refractivity contribution >= 4 is 23.3 Å². The van der Waals surface area contributed by atoms with Crippen LogP contribution < -0.4 is 5.56 Å². The van der Waals surface area contributed by atoms with Gasteiger partial charge in [0, 0.05) is 18.3 Å². The summed E-state index contributed by atoms with van der Waals surface area (Å²) in [5.74, 6) is 0. The van der Waals surface area contributed by atoms with Crippen LogP contribution in [0.15, 0.2) is 56.8 Å². The zero-order valence-corrected chi connectivity index (χ0v) is 12.7. The molecule has 0 spiro atoms. The third-order valence-electron chi connectivity index (χ3n) is 3.72. The predicted molar refractivity (Wildman–Crippen MR) is 92.1 cm³/mol. The molecule has 0 aliphatic carbocycles. The summed E-state index contributed by atoms with van der Waals surface area (Å²) in [4.78, 5) is 21.3. The van der Waals surface area contributed by atoms with Gasteiger partial charge < -0.3 is 4.57 Å². The number of hydrogen-bond donors (Lipinski definition) is 0. The molecule has 3 rings (SSSR count). The van der Waals surface area contributed by atoms with Gasteiger partial charge in [0.05, 0.1) is 18.6 Å². The minimum atomic E-state index is 0.0414. The average Bonchev–Trinajstić information content (AvgIpc) is 3.04. The standard InChI is InChI=1S/C18H19N3O/c1-2-8-19-12-16-10-15-5-3-4-6-17(15)21(18(16)22)13-14-7-9-20-11-14/h3-10H,2,11-13H2,1H3. The highest BCUT2D eigenvalue weighted by Crippen LogP contribution is 2.16. The summed E-state index contributed by atoms with van der Waals surface area (Å²) in [6.07, 6.45) is 6.53. The molecule has 0 unspecified atom stereocenters. The number of allylic oxidation sites excluding steroid dienone is 1. The fraction of sp³-hybridized carbons (Fsp3) is 0.278. The van der Waals surface area contributed by atoms with Crippen molar-refractivity contribution < 1.29 is 0 Å². The molecule has 0 bridgehead atoms. The lowest BCUT2D eigenvalue weighted by molar-refractivity contribution is 0.757. The molecular formula is C18H19N3O. The number of aliphatic imine (C=N–C) groups is 2. The van der Waals surface area contributed by atoms with E-state index in [1.807, 2.05) is 54.1 Å². The Bertz CT molecular complexity index is 828. The van der Waals surface area contributed by atoms with E-state index in [-0.39, 0.29) is 5.56 Å². The van der Waals surface area contributed by atoms with Gasteiger partial charge in [-0.1, -0.05) is 25.1 Å². The minimum Gasteiger partial charge on any atom is -0.304 e. The van der Waals surface area contributed by atoms with Crippen LogP contribution in [0.4, 0.5) is 0 Å². The van der Waals surface area contributed by atoms with E-state index in [4.69, 9.17) is 0 Å². The quantitative estimate of drug-likeness (QED) is 0.782. The second-order valence-electron chi connectivity index (χ2n) is 5.37. The van der Waals surface area contributed by atoms with Gasteiger partial charge in [-0.05, 0) is 41.8 Å². The maximum absolute atomic E-state index is 12.8. The first-order chi connectivity index (χ1) is 10.8. The van der Waals surface area contributed by atoms with Crippen LogP contribution in [-0.2, 0) is 13.1 Å². The number of hydrogen-bond acceptors (Lipinski definition) is 3. The van der Waals surface area contributed by atoms with Gasteiger partial charge in [-0.15, -0.1) is 0 Å². The topological polar surface area (TPSA) is 46.7 Å². The molecule has 1 aromatic carbocycles. The molecule has 0 amide bonds. The van der Waals surface area contributed by atoms with Crippen molar-refractivity contribution in [2.75, 3.05) is 6.54 Å². The Kier molecular flexibility index (Phi) is 4.28. The lowest BCUT2D eigenvalue weighted by Crippen LogP contribution is -2.25. The van der Waals surface area contributed by atoms with Crippen LogP contribution in [0.2, 0.25) is 0 Å². The average molecular weight is 293 g/mol. The highest BCUT2D eigenvalue weighted by Gasteiger charge is 2.11. The van der Waals surface area contributed by atoms with Crippen LogP contribution in [0.1, 0.15) is 18.9 Å². The normalized spacial score (nSPS) is 14.1. The highest BCUT2D eigenvalue weighted by molar-refractivity contribution is 5.80. The lowest BCUT2D eigenvalue weighted by Gasteiger charge is -2.12. The molecule has 1 aliphatic heterocycles. The van der Waals surface area contributed by atoms with Gasteiger partial charge in [-0.25, -0.2) is 0 Å². The Hall–Kier alpha value is -2.49. The molecule has 0 N–H and O–H groups in total. The largest absolute Gasteiger partial charge is 0.304 e. The van der Waals surface area contributed by atoms with E-state index in [1.54, 1.807) is 6.21 Å². The fourth-order valence-electron chi connectivity index (χ4n) is 2.64. The van der Waals surface area contributed by atoms with Crippen molar-refractivity contribution in [2.45, 2.75) is 26.4 Å². The molecule has 0 fully saturated rings. The van der Waals surface area contributed by atoms with Crippen LogP contribution in [-0.4, -0.2) is 23.5 Å².